The minimum Gasteiger partial charge on any atom is -0.453 e. The van der Waals surface area contributed by atoms with Gasteiger partial charge in [-0.15, -0.1) is 5.10 Å². The highest BCUT2D eigenvalue weighted by Crippen LogP contribution is 2.10. The van der Waals surface area contributed by atoms with Gasteiger partial charge in [-0.2, -0.15) is 4.68 Å². The molecule has 0 bridgehead atoms. The maximum absolute atomic E-state index is 11.9. The molecule has 2 heterocycles. The maximum atomic E-state index is 11.9. The van der Waals surface area contributed by atoms with Crippen LogP contribution in [0.4, 0.5) is 5.82 Å². The van der Waals surface area contributed by atoms with E-state index in [0.29, 0.717) is 5.82 Å². The van der Waals surface area contributed by atoms with Crippen LogP contribution < -0.4 is 5.73 Å². The highest BCUT2D eigenvalue weighted by atomic mass is 16.5. The molecule has 0 fully saturated rings. The number of para-hydroxylation sites is 1. The Bertz CT molecular complexity index is 788. The van der Waals surface area contributed by atoms with Crippen LogP contribution in [0.15, 0.2) is 42.7 Å². The number of benzene rings is 1. The van der Waals surface area contributed by atoms with Crippen LogP contribution in [-0.2, 0) is 11.3 Å². The highest BCUT2D eigenvalue weighted by Gasteiger charge is 2.16. The molecule has 0 saturated heterocycles. The standard InChI is InChI=1S/C13H11N7O2/c14-12-11(15-6-7-16-12)13(21)22-8-10-17-18-19-20(10)9-4-2-1-3-5-9/h1-7H,8H2,(H2,14,16). The molecule has 3 aromatic rings. The van der Waals surface area contributed by atoms with Crippen molar-refractivity contribution < 1.29 is 9.53 Å². The van der Waals surface area contributed by atoms with Crippen molar-refractivity contribution in [2.45, 2.75) is 6.61 Å². The average molecular weight is 297 g/mol. The number of aromatic nitrogens is 6. The molecular formula is C13H11N7O2. The summed E-state index contributed by atoms with van der Waals surface area (Å²) in [5, 5.41) is 11.3. The summed E-state index contributed by atoms with van der Waals surface area (Å²) < 4.78 is 6.61. The van der Waals surface area contributed by atoms with Crippen LogP contribution in [0.3, 0.4) is 0 Å². The lowest BCUT2D eigenvalue weighted by molar-refractivity contribution is 0.0453. The third-order valence-corrected chi connectivity index (χ3v) is 2.79. The monoisotopic (exact) mass is 297 g/mol. The van der Waals surface area contributed by atoms with Crippen LogP contribution in [0.5, 0.6) is 0 Å². The van der Waals surface area contributed by atoms with Gasteiger partial charge in [-0.1, -0.05) is 18.2 Å². The van der Waals surface area contributed by atoms with Crippen LogP contribution in [0.25, 0.3) is 5.69 Å². The molecule has 2 N–H and O–H groups in total. The summed E-state index contributed by atoms with van der Waals surface area (Å²) in [6.45, 7) is -0.114. The molecular weight excluding hydrogens is 286 g/mol. The number of esters is 1. The third-order valence-electron chi connectivity index (χ3n) is 2.79. The Morgan fingerprint density at radius 2 is 1.95 bits per heavy atom. The smallest absolute Gasteiger partial charge is 0.361 e. The molecule has 22 heavy (non-hydrogen) atoms. The number of carbonyl (C=O) groups is 1. The Balaban J connectivity index is 1.75. The average Bonchev–Trinajstić information content (AvgIpc) is 3.02. The number of anilines is 1. The van der Waals surface area contributed by atoms with E-state index in [1.807, 2.05) is 30.3 Å². The van der Waals surface area contributed by atoms with E-state index in [1.54, 1.807) is 0 Å². The van der Waals surface area contributed by atoms with Gasteiger partial charge in [0.05, 0.1) is 5.69 Å². The first kappa shape index (κ1) is 13.6. The molecule has 0 atom stereocenters. The Kier molecular flexibility index (Phi) is 3.69. The number of nitrogens with zero attached hydrogens (tertiary/aromatic N) is 6. The van der Waals surface area contributed by atoms with Crippen LogP contribution in [0.2, 0.25) is 0 Å². The summed E-state index contributed by atoms with van der Waals surface area (Å²) in [6, 6.07) is 9.26. The van der Waals surface area contributed by atoms with Gasteiger partial charge in [-0.3, -0.25) is 0 Å². The number of ether oxygens (including phenoxy) is 1. The minimum absolute atomic E-state index is 0.00940. The zero-order chi connectivity index (χ0) is 15.4. The van der Waals surface area contributed by atoms with Crippen LogP contribution in [0, 0.1) is 0 Å². The number of hydrogen-bond acceptors (Lipinski definition) is 8. The first-order chi connectivity index (χ1) is 10.8. The summed E-state index contributed by atoms with van der Waals surface area (Å²) in [5.74, 6) is -0.301. The normalized spacial score (nSPS) is 10.4. The number of hydrogen-bond donors (Lipinski definition) is 1. The summed E-state index contributed by atoms with van der Waals surface area (Å²) in [4.78, 5) is 19.5. The van der Waals surface area contributed by atoms with Crippen molar-refractivity contribution in [3.05, 3.63) is 54.2 Å². The van der Waals surface area contributed by atoms with Crippen molar-refractivity contribution >= 4 is 11.8 Å². The van der Waals surface area contributed by atoms with Crippen molar-refractivity contribution in [3.63, 3.8) is 0 Å². The van der Waals surface area contributed by atoms with Gasteiger partial charge < -0.3 is 10.5 Å². The molecule has 2 aromatic heterocycles. The Morgan fingerprint density at radius 1 is 1.18 bits per heavy atom. The fraction of sp³-hybridized carbons (Fsp3) is 0.0769. The molecule has 0 amide bonds. The summed E-state index contributed by atoms with van der Waals surface area (Å²) >= 11 is 0. The molecule has 0 spiro atoms. The van der Waals surface area contributed by atoms with Gasteiger partial charge in [0.15, 0.2) is 23.9 Å². The fourth-order valence-electron chi connectivity index (χ4n) is 1.77. The van der Waals surface area contributed by atoms with Gasteiger partial charge in [0, 0.05) is 12.4 Å². The second kappa shape index (κ2) is 5.95. The van der Waals surface area contributed by atoms with E-state index in [-0.39, 0.29) is 18.1 Å². The largest absolute Gasteiger partial charge is 0.453 e. The highest BCUT2D eigenvalue weighted by molar-refractivity contribution is 5.91. The van der Waals surface area contributed by atoms with Crippen molar-refractivity contribution in [2.24, 2.45) is 0 Å². The molecule has 9 nitrogen and oxygen atoms in total. The molecule has 1 aromatic carbocycles. The number of tetrazole rings is 1. The molecule has 0 unspecified atom stereocenters. The van der Waals surface area contributed by atoms with Gasteiger partial charge in [0.2, 0.25) is 0 Å². The lowest BCUT2D eigenvalue weighted by Gasteiger charge is -2.06. The number of carbonyl (C=O) groups excluding carboxylic acids is 1. The summed E-state index contributed by atoms with van der Waals surface area (Å²) in [7, 11) is 0. The van der Waals surface area contributed by atoms with E-state index >= 15 is 0 Å². The fourth-order valence-corrected chi connectivity index (χ4v) is 1.77. The predicted octanol–water partition coefficient (Wildman–Crippen LogP) is 0.391. The Labute approximate surface area is 124 Å². The van der Waals surface area contributed by atoms with Crippen molar-refractivity contribution in [2.75, 3.05) is 5.73 Å². The van der Waals surface area contributed by atoms with Crippen LogP contribution >= 0.6 is 0 Å². The van der Waals surface area contributed by atoms with E-state index < -0.39 is 5.97 Å². The summed E-state index contributed by atoms with van der Waals surface area (Å²) in [5.41, 5.74) is 6.29. The van der Waals surface area contributed by atoms with E-state index in [9.17, 15) is 4.79 Å². The maximum Gasteiger partial charge on any atom is 0.361 e. The molecule has 0 aliphatic rings. The first-order valence-corrected chi connectivity index (χ1v) is 6.32. The third kappa shape index (κ3) is 2.73. The van der Waals surface area contributed by atoms with Crippen molar-refractivity contribution in [3.8, 4) is 5.69 Å². The molecule has 0 aliphatic heterocycles. The first-order valence-electron chi connectivity index (χ1n) is 6.32. The van der Waals surface area contributed by atoms with Gasteiger partial charge in [0.25, 0.3) is 0 Å². The quantitative estimate of drug-likeness (QED) is 0.686. The predicted molar refractivity (Wildman–Crippen MR) is 74.7 cm³/mol. The Morgan fingerprint density at radius 3 is 2.73 bits per heavy atom. The van der Waals surface area contributed by atoms with E-state index in [0.717, 1.165) is 5.69 Å². The van der Waals surface area contributed by atoms with E-state index in [2.05, 4.69) is 25.5 Å². The molecule has 3 rings (SSSR count). The van der Waals surface area contributed by atoms with Crippen LogP contribution in [-0.4, -0.2) is 36.1 Å². The second-order valence-electron chi connectivity index (χ2n) is 4.21. The molecule has 110 valence electrons. The zero-order valence-electron chi connectivity index (χ0n) is 11.3. The minimum atomic E-state index is -0.687. The van der Waals surface area contributed by atoms with Gasteiger partial charge >= 0.3 is 5.97 Å². The number of nitrogens with two attached hydrogens (primary N) is 1. The number of rotatable bonds is 4. The van der Waals surface area contributed by atoms with Crippen molar-refractivity contribution in [1.29, 1.82) is 0 Å². The molecule has 9 heteroatoms. The van der Waals surface area contributed by atoms with E-state index in [1.165, 1.54) is 17.1 Å². The topological polar surface area (TPSA) is 122 Å². The zero-order valence-corrected chi connectivity index (χ0v) is 11.3. The van der Waals surface area contributed by atoms with Gasteiger partial charge in [0.1, 0.15) is 0 Å². The lowest BCUT2D eigenvalue weighted by Crippen LogP contribution is -2.13. The van der Waals surface area contributed by atoms with Crippen LogP contribution in [0.1, 0.15) is 16.3 Å². The number of nitrogen functional groups attached to an aromatic ring is 1. The lowest BCUT2D eigenvalue weighted by atomic mass is 10.3. The van der Waals surface area contributed by atoms with Crippen molar-refractivity contribution in [1.82, 2.24) is 30.2 Å². The molecule has 0 aliphatic carbocycles. The molecule has 0 radical (unpaired) electrons. The SMILES string of the molecule is Nc1nccnc1C(=O)OCc1nnnn1-c1ccccc1. The molecule has 0 saturated carbocycles. The summed E-state index contributed by atoms with van der Waals surface area (Å²) in [6.07, 6.45) is 2.75. The van der Waals surface area contributed by atoms with Gasteiger partial charge in [-0.05, 0) is 22.6 Å². The Hall–Kier alpha value is -3.36. The van der Waals surface area contributed by atoms with Gasteiger partial charge in [-0.25, -0.2) is 14.8 Å². The van der Waals surface area contributed by atoms with E-state index in [4.69, 9.17) is 10.5 Å². The second-order valence-corrected chi connectivity index (χ2v) is 4.21.